The molecule has 0 spiro atoms. The molecule has 1 unspecified atom stereocenters. The van der Waals surface area contributed by atoms with Crippen LogP contribution in [0.3, 0.4) is 0 Å². The van der Waals surface area contributed by atoms with Gasteiger partial charge in [-0.2, -0.15) is 0 Å². The number of amides is 1. The standard InChI is InChI=1S/C20H21NO4/c1-14(22)25-18-9-7-15(8-10-18)20(23)21(2)12-19-11-16-5-3-4-6-17(16)13-24-19/h3-10,19H,11-13H2,1-2H3. The molecule has 1 amide bonds. The minimum Gasteiger partial charge on any atom is -0.427 e. The molecule has 0 saturated carbocycles. The molecule has 2 aromatic rings. The number of carbonyl (C=O) groups is 2. The highest BCUT2D eigenvalue weighted by molar-refractivity contribution is 5.94. The topological polar surface area (TPSA) is 55.8 Å². The minimum atomic E-state index is -0.383. The average molecular weight is 339 g/mol. The van der Waals surface area contributed by atoms with Crippen LogP contribution in [0.5, 0.6) is 5.75 Å². The molecule has 0 radical (unpaired) electrons. The zero-order valence-electron chi connectivity index (χ0n) is 14.4. The molecule has 1 atom stereocenters. The molecule has 0 bridgehead atoms. The summed E-state index contributed by atoms with van der Waals surface area (Å²) in [4.78, 5) is 25.2. The highest BCUT2D eigenvalue weighted by Crippen LogP contribution is 2.21. The number of carbonyl (C=O) groups excluding carboxylic acids is 2. The Labute approximate surface area is 147 Å². The molecule has 0 fully saturated rings. The predicted molar refractivity (Wildman–Crippen MR) is 93.4 cm³/mol. The molecular formula is C20H21NO4. The molecule has 0 N–H and O–H groups in total. The van der Waals surface area contributed by atoms with Crippen LogP contribution in [0.15, 0.2) is 48.5 Å². The van der Waals surface area contributed by atoms with E-state index >= 15 is 0 Å². The van der Waals surface area contributed by atoms with Crippen LogP contribution in [0.2, 0.25) is 0 Å². The number of hydrogen-bond donors (Lipinski definition) is 0. The van der Waals surface area contributed by atoms with Gasteiger partial charge in [0.15, 0.2) is 0 Å². The molecule has 0 aliphatic carbocycles. The Hall–Kier alpha value is -2.66. The van der Waals surface area contributed by atoms with E-state index in [1.54, 1.807) is 36.2 Å². The number of benzene rings is 2. The van der Waals surface area contributed by atoms with Crippen molar-refractivity contribution < 1.29 is 19.1 Å². The van der Waals surface area contributed by atoms with Gasteiger partial charge >= 0.3 is 5.97 Å². The summed E-state index contributed by atoms with van der Waals surface area (Å²) in [6.07, 6.45) is 0.795. The highest BCUT2D eigenvalue weighted by Gasteiger charge is 2.22. The Bertz CT molecular complexity index is 770. The first-order chi connectivity index (χ1) is 12.0. The van der Waals surface area contributed by atoms with E-state index in [4.69, 9.17) is 9.47 Å². The van der Waals surface area contributed by atoms with Crippen LogP contribution in [-0.4, -0.2) is 36.5 Å². The maximum absolute atomic E-state index is 12.6. The smallest absolute Gasteiger partial charge is 0.308 e. The van der Waals surface area contributed by atoms with Crippen molar-refractivity contribution in [2.75, 3.05) is 13.6 Å². The van der Waals surface area contributed by atoms with Crippen LogP contribution in [0.4, 0.5) is 0 Å². The van der Waals surface area contributed by atoms with E-state index in [1.165, 1.54) is 18.1 Å². The second-order valence-electron chi connectivity index (χ2n) is 6.21. The molecule has 25 heavy (non-hydrogen) atoms. The molecular weight excluding hydrogens is 318 g/mol. The van der Waals surface area contributed by atoms with Crippen molar-refractivity contribution >= 4 is 11.9 Å². The lowest BCUT2D eigenvalue weighted by atomic mass is 9.99. The molecule has 1 aliphatic heterocycles. The third-order valence-electron chi connectivity index (χ3n) is 4.23. The van der Waals surface area contributed by atoms with Crippen LogP contribution in [0.25, 0.3) is 0 Å². The summed E-state index contributed by atoms with van der Waals surface area (Å²) in [5.74, 6) is -0.0401. The van der Waals surface area contributed by atoms with Gasteiger partial charge in [-0.3, -0.25) is 9.59 Å². The van der Waals surface area contributed by atoms with Crippen molar-refractivity contribution in [3.05, 3.63) is 65.2 Å². The summed E-state index contributed by atoms with van der Waals surface area (Å²) in [7, 11) is 1.77. The fraction of sp³-hybridized carbons (Fsp3) is 0.300. The Kier molecular flexibility index (Phi) is 5.14. The van der Waals surface area contributed by atoms with Gasteiger partial charge in [-0.25, -0.2) is 0 Å². The summed E-state index contributed by atoms with van der Waals surface area (Å²) >= 11 is 0. The van der Waals surface area contributed by atoms with Gasteiger partial charge in [0.2, 0.25) is 0 Å². The molecule has 2 aromatic carbocycles. The van der Waals surface area contributed by atoms with Crippen LogP contribution in [0, 0.1) is 0 Å². The first-order valence-electron chi connectivity index (χ1n) is 8.25. The largest absolute Gasteiger partial charge is 0.427 e. The number of hydrogen-bond acceptors (Lipinski definition) is 4. The maximum Gasteiger partial charge on any atom is 0.308 e. The molecule has 1 aliphatic rings. The first-order valence-corrected chi connectivity index (χ1v) is 8.25. The lowest BCUT2D eigenvalue weighted by molar-refractivity contribution is -0.131. The number of rotatable bonds is 4. The summed E-state index contributed by atoms with van der Waals surface area (Å²) in [6, 6.07) is 14.8. The normalized spacial score (nSPS) is 16.0. The van der Waals surface area contributed by atoms with Crippen LogP contribution in [0.1, 0.15) is 28.4 Å². The SMILES string of the molecule is CC(=O)Oc1ccc(C(=O)N(C)CC2Cc3ccccc3CO2)cc1. The van der Waals surface area contributed by atoms with Gasteiger partial charge in [0.1, 0.15) is 5.75 Å². The Morgan fingerprint density at radius 2 is 1.80 bits per heavy atom. The fourth-order valence-corrected chi connectivity index (χ4v) is 2.97. The summed E-state index contributed by atoms with van der Waals surface area (Å²) < 4.78 is 10.9. The maximum atomic E-state index is 12.6. The van der Waals surface area contributed by atoms with Crippen molar-refractivity contribution in [1.82, 2.24) is 4.90 Å². The van der Waals surface area contributed by atoms with Crippen molar-refractivity contribution in [2.24, 2.45) is 0 Å². The van der Waals surface area contributed by atoms with Gasteiger partial charge in [-0.1, -0.05) is 24.3 Å². The Morgan fingerprint density at radius 3 is 2.48 bits per heavy atom. The average Bonchev–Trinajstić information content (AvgIpc) is 2.61. The van der Waals surface area contributed by atoms with Gasteiger partial charge in [-0.05, 0) is 35.4 Å². The van der Waals surface area contributed by atoms with Crippen molar-refractivity contribution in [2.45, 2.75) is 26.1 Å². The molecule has 5 nitrogen and oxygen atoms in total. The lowest BCUT2D eigenvalue weighted by Crippen LogP contribution is -2.38. The fourth-order valence-electron chi connectivity index (χ4n) is 2.97. The Balaban J connectivity index is 1.60. The number of esters is 1. The second kappa shape index (κ2) is 7.49. The molecule has 1 heterocycles. The third-order valence-corrected chi connectivity index (χ3v) is 4.23. The lowest BCUT2D eigenvalue weighted by Gasteiger charge is -2.29. The Morgan fingerprint density at radius 1 is 1.12 bits per heavy atom. The van der Waals surface area contributed by atoms with Crippen molar-refractivity contribution in [1.29, 1.82) is 0 Å². The van der Waals surface area contributed by atoms with E-state index in [9.17, 15) is 9.59 Å². The van der Waals surface area contributed by atoms with Gasteiger partial charge in [0.25, 0.3) is 5.91 Å². The zero-order chi connectivity index (χ0) is 17.8. The summed E-state index contributed by atoms with van der Waals surface area (Å²) in [5, 5.41) is 0. The van der Waals surface area contributed by atoms with E-state index in [-0.39, 0.29) is 18.0 Å². The number of fused-ring (bicyclic) bond motifs is 1. The first kappa shape index (κ1) is 17.2. The third kappa shape index (κ3) is 4.25. The summed E-state index contributed by atoms with van der Waals surface area (Å²) in [5.41, 5.74) is 3.05. The van der Waals surface area contributed by atoms with Crippen LogP contribution in [-0.2, 0) is 22.6 Å². The number of likely N-dealkylation sites (N-methyl/N-ethyl adjacent to an activating group) is 1. The molecule has 0 saturated heterocycles. The van der Waals surface area contributed by atoms with Gasteiger partial charge in [0.05, 0.1) is 12.7 Å². The van der Waals surface area contributed by atoms with Gasteiger partial charge in [-0.15, -0.1) is 0 Å². The molecule has 3 rings (SSSR count). The molecule has 0 aromatic heterocycles. The van der Waals surface area contributed by atoms with Crippen molar-refractivity contribution in [3.63, 3.8) is 0 Å². The van der Waals surface area contributed by atoms with Crippen molar-refractivity contribution in [3.8, 4) is 5.75 Å². The molecule has 130 valence electrons. The quantitative estimate of drug-likeness (QED) is 0.635. The van der Waals surface area contributed by atoms with Gasteiger partial charge in [0, 0.05) is 32.5 Å². The van der Waals surface area contributed by atoms with E-state index in [0.717, 1.165) is 6.42 Å². The van der Waals surface area contributed by atoms with E-state index in [0.29, 0.717) is 24.5 Å². The van der Waals surface area contributed by atoms with E-state index in [1.807, 2.05) is 12.1 Å². The zero-order valence-corrected chi connectivity index (χ0v) is 14.4. The minimum absolute atomic E-state index is 0.0100. The monoisotopic (exact) mass is 339 g/mol. The number of ether oxygens (including phenoxy) is 2. The number of nitrogens with zero attached hydrogens (tertiary/aromatic N) is 1. The van der Waals surface area contributed by atoms with E-state index in [2.05, 4.69) is 12.1 Å². The van der Waals surface area contributed by atoms with Crippen LogP contribution < -0.4 is 4.74 Å². The second-order valence-corrected chi connectivity index (χ2v) is 6.21. The highest BCUT2D eigenvalue weighted by atomic mass is 16.5. The van der Waals surface area contributed by atoms with E-state index < -0.39 is 0 Å². The molecule has 5 heteroatoms. The van der Waals surface area contributed by atoms with Crippen LogP contribution >= 0.6 is 0 Å². The predicted octanol–water partition coefficient (Wildman–Crippen LogP) is 2.83. The van der Waals surface area contributed by atoms with Gasteiger partial charge < -0.3 is 14.4 Å². The summed E-state index contributed by atoms with van der Waals surface area (Å²) in [6.45, 7) is 2.45.